The second kappa shape index (κ2) is 2.96. The van der Waals surface area contributed by atoms with Crippen LogP contribution in [0.4, 0.5) is 0 Å². The minimum absolute atomic E-state index is 0.332. The fourth-order valence-electron chi connectivity index (χ4n) is 2.55. The van der Waals surface area contributed by atoms with Crippen LogP contribution >= 0.6 is 0 Å². The summed E-state index contributed by atoms with van der Waals surface area (Å²) < 4.78 is 11.8. The van der Waals surface area contributed by atoms with E-state index in [1.807, 2.05) is 13.8 Å². The zero-order valence-electron chi connectivity index (χ0n) is 9.04. The molecule has 1 heterocycles. The van der Waals surface area contributed by atoms with Gasteiger partial charge in [-0.15, -0.1) is 0 Å². The summed E-state index contributed by atoms with van der Waals surface area (Å²) in [4.78, 5) is 0. The molecule has 2 rings (SSSR count). The molecule has 2 fully saturated rings. The highest BCUT2D eigenvalue weighted by Crippen LogP contribution is 2.41. The Balaban J connectivity index is 2.14. The molecule has 76 valence electrons. The Morgan fingerprint density at radius 3 is 1.69 bits per heavy atom. The average molecular weight is 184 g/mol. The number of hydrogen-bond acceptors (Lipinski definition) is 2. The minimum atomic E-state index is -0.359. The van der Waals surface area contributed by atoms with Crippen molar-refractivity contribution < 1.29 is 9.47 Å². The third kappa shape index (κ3) is 1.62. The van der Waals surface area contributed by atoms with Crippen molar-refractivity contribution in [2.45, 2.75) is 58.5 Å². The highest BCUT2D eigenvalue weighted by molar-refractivity contribution is 4.91. The quantitative estimate of drug-likeness (QED) is 0.576. The predicted molar refractivity (Wildman–Crippen MR) is 51.4 cm³/mol. The molecule has 2 heteroatoms. The van der Waals surface area contributed by atoms with E-state index in [0.717, 1.165) is 0 Å². The lowest BCUT2D eigenvalue weighted by Crippen LogP contribution is -2.38. The highest BCUT2D eigenvalue weighted by Gasteiger charge is 2.48. The fourth-order valence-corrected chi connectivity index (χ4v) is 2.55. The zero-order valence-corrected chi connectivity index (χ0v) is 9.04. The van der Waals surface area contributed by atoms with E-state index < -0.39 is 0 Å². The van der Waals surface area contributed by atoms with Gasteiger partial charge in [0.2, 0.25) is 0 Å². The molecule has 0 unspecified atom stereocenters. The molecule has 2 nitrogen and oxygen atoms in total. The largest absolute Gasteiger partial charge is 0.344 e. The maximum absolute atomic E-state index is 5.91. The zero-order chi connectivity index (χ0) is 9.64. The van der Waals surface area contributed by atoms with E-state index in [4.69, 9.17) is 9.47 Å². The first-order chi connectivity index (χ1) is 5.99. The van der Waals surface area contributed by atoms with Gasteiger partial charge in [0.1, 0.15) is 0 Å². The van der Waals surface area contributed by atoms with E-state index in [1.54, 1.807) is 0 Å². The van der Waals surface area contributed by atoms with Crippen molar-refractivity contribution in [2.75, 3.05) is 0 Å². The van der Waals surface area contributed by atoms with Crippen molar-refractivity contribution in [3.63, 3.8) is 0 Å². The van der Waals surface area contributed by atoms with Crippen LogP contribution in [0.25, 0.3) is 0 Å². The number of rotatable bonds is 0. The van der Waals surface area contributed by atoms with Gasteiger partial charge in [0, 0.05) is 0 Å². The van der Waals surface area contributed by atoms with Crippen LogP contribution in [0.5, 0.6) is 0 Å². The van der Waals surface area contributed by atoms with Crippen molar-refractivity contribution in [1.29, 1.82) is 0 Å². The predicted octanol–water partition coefficient (Wildman–Crippen LogP) is 2.57. The van der Waals surface area contributed by atoms with Crippen LogP contribution in [0, 0.1) is 11.8 Å². The molecular formula is C11H20O2. The van der Waals surface area contributed by atoms with Crippen LogP contribution in [0.3, 0.4) is 0 Å². The number of hydrogen-bond donors (Lipinski definition) is 0. The molecule has 0 aromatic carbocycles. The van der Waals surface area contributed by atoms with Crippen LogP contribution in [0.15, 0.2) is 0 Å². The summed E-state index contributed by atoms with van der Waals surface area (Å²) >= 11 is 0. The average Bonchev–Trinajstić information content (AvgIpc) is 2.35. The molecule has 0 amide bonds. The number of ether oxygens (including phenoxy) is 2. The molecule has 0 spiro atoms. The summed E-state index contributed by atoms with van der Waals surface area (Å²) in [5.74, 6) is 0.952. The molecule has 0 aromatic heterocycles. The van der Waals surface area contributed by atoms with E-state index in [9.17, 15) is 0 Å². The Bertz CT molecular complexity index is 180. The van der Waals surface area contributed by atoms with Crippen molar-refractivity contribution in [1.82, 2.24) is 0 Å². The molecule has 1 saturated carbocycles. The molecular weight excluding hydrogens is 164 g/mol. The highest BCUT2D eigenvalue weighted by atomic mass is 16.8. The topological polar surface area (TPSA) is 18.5 Å². The minimum Gasteiger partial charge on any atom is -0.344 e. The molecule has 0 aromatic rings. The van der Waals surface area contributed by atoms with E-state index in [2.05, 4.69) is 13.8 Å². The maximum atomic E-state index is 5.91. The van der Waals surface area contributed by atoms with Crippen molar-refractivity contribution in [3.8, 4) is 0 Å². The summed E-state index contributed by atoms with van der Waals surface area (Å²) in [7, 11) is 0. The Labute approximate surface area is 80.6 Å². The second-order valence-electron chi connectivity index (χ2n) is 5.10. The van der Waals surface area contributed by atoms with Gasteiger partial charge in [-0.05, 0) is 38.5 Å². The van der Waals surface area contributed by atoms with Crippen LogP contribution in [0.2, 0.25) is 0 Å². The summed E-state index contributed by atoms with van der Waals surface area (Å²) in [6, 6.07) is 0. The van der Waals surface area contributed by atoms with E-state index in [0.29, 0.717) is 24.0 Å². The van der Waals surface area contributed by atoms with Crippen molar-refractivity contribution in [2.24, 2.45) is 11.8 Å². The molecule has 13 heavy (non-hydrogen) atoms. The van der Waals surface area contributed by atoms with Gasteiger partial charge in [-0.2, -0.15) is 0 Å². The van der Waals surface area contributed by atoms with Gasteiger partial charge in [0.25, 0.3) is 0 Å². The molecule has 2 aliphatic rings. The lowest BCUT2D eigenvalue weighted by atomic mass is 9.79. The fraction of sp³-hybridized carbons (Fsp3) is 1.00. The molecule has 1 aliphatic carbocycles. The van der Waals surface area contributed by atoms with Gasteiger partial charge in [0.05, 0.1) is 12.2 Å². The van der Waals surface area contributed by atoms with Gasteiger partial charge in [-0.3, -0.25) is 0 Å². The molecule has 0 radical (unpaired) electrons. The Morgan fingerprint density at radius 1 is 0.923 bits per heavy atom. The molecule has 0 bridgehead atoms. The molecule has 0 N–H and O–H groups in total. The van der Waals surface area contributed by atoms with Crippen LogP contribution < -0.4 is 0 Å². The first-order valence-corrected chi connectivity index (χ1v) is 5.35. The van der Waals surface area contributed by atoms with Crippen LogP contribution in [-0.2, 0) is 9.47 Å². The molecule has 1 aliphatic heterocycles. The standard InChI is InChI=1S/C11H20O2/c1-7-5-6-8(2)10-9(7)12-11(3,4)13-10/h7-10H,5-6H2,1-4H3/t7-,8-,9-,10+/m0/s1. The molecule has 4 atom stereocenters. The summed E-state index contributed by atoms with van der Waals surface area (Å²) in [6.07, 6.45) is 3.22. The SMILES string of the molecule is C[C@H]1CC[C@H](C)[C@H]2OC(C)(C)O[C@H]21. The lowest BCUT2D eigenvalue weighted by Gasteiger charge is -2.33. The molecule has 1 saturated heterocycles. The summed E-state index contributed by atoms with van der Waals surface area (Å²) in [5.41, 5.74) is 0. The van der Waals surface area contributed by atoms with Gasteiger partial charge in [-0.1, -0.05) is 13.8 Å². The Morgan fingerprint density at radius 2 is 1.31 bits per heavy atom. The van der Waals surface area contributed by atoms with Crippen LogP contribution in [-0.4, -0.2) is 18.0 Å². The summed E-state index contributed by atoms with van der Waals surface area (Å²) in [6.45, 7) is 8.58. The van der Waals surface area contributed by atoms with Gasteiger partial charge < -0.3 is 9.47 Å². The van der Waals surface area contributed by atoms with Crippen LogP contribution in [0.1, 0.15) is 40.5 Å². The van der Waals surface area contributed by atoms with Gasteiger partial charge in [-0.25, -0.2) is 0 Å². The van der Waals surface area contributed by atoms with Gasteiger partial charge >= 0.3 is 0 Å². The first-order valence-electron chi connectivity index (χ1n) is 5.35. The first kappa shape index (κ1) is 9.47. The Hall–Kier alpha value is -0.0800. The monoisotopic (exact) mass is 184 g/mol. The van der Waals surface area contributed by atoms with E-state index >= 15 is 0 Å². The van der Waals surface area contributed by atoms with E-state index in [-0.39, 0.29) is 5.79 Å². The Kier molecular flexibility index (Phi) is 2.16. The second-order valence-corrected chi connectivity index (χ2v) is 5.10. The van der Waals surface area contributed by atoms with Crippen molar-refractivity contribution in [3.05, 3.63) is 0 Å². The maximum Gasteiger partial charge on any atom is 0.163 e. The summed E-state index contributed by atoms with van der Waals surface area (Å²) in [5, 5.41) is 0. The lowest BCUT2D eigenvalue weighted by molar-refractivity contribution is -0.150. The van der Waals surface area contributed by atoms with Gasteiger partial charge in [0.15, 0.2) is 5.79 Å². The third-order valence-electron chi connectivity index (χ3n) is 3.36. The smallest absolute Gasteiger partial charge is 0.163 e. The third-order valence-corrected chi connectivity index (χ3v) is 3.36. The van der Waals surface area contributed by atoms with Crippen molar-refractivity contribution >= 4 is 0 Å². The van der Waals surface area contributed by atoms with E-state index in [1.165, 1.54) is 12.8 Å². The normalized spacial score (nSPS) is 48.9. The number of fused-ring (bicyclic) bond motifs is 1.